The third kappa shape index (κ3) is 4.77. The van der Waals surface area contributed by atoms with Crippen LogP contribution in [-0.2, 0) is 4.79 Å². The molecule has 0 atom stereocenters. The standard InChI is InChI=1S/C29H31FN10O/c1-39-7-9-40(10-8-39)22-16-32-14-21-26(22)36-28(35-21)27-23-20(37-38-27)15-33-25(24(23)30)18-11-19(13-31-12-18)34-29(41)17-5-3-2-4-6-17/h11-17H,2-10H2,1H3,(H,34,41)(H,35,36)(H,37,38). The smallest absolute Gasteiger partial charge is 0.227 e. The molecule has 0 bridgehead atoms. The molecule has 41 heavy (non-hydrogen) atoms. The Morgan fingerprint density at radius 2 is 1.78 bits per heavy atom. The second-order valence-electron chi connectivity index (χ2n) is 11.0. The van der Waals surface area contributed by atoms with E-state index in [1.807, 2.05) is 6.20 Å². The normalized spacial score (nSPS) is 17.0. The predicted molar refractivity (Wildman–Crippen MR) is 155 cm³/mol. The average Bonchev–Trinajstić information content (AvgIpc) is 3.63. The first-order valence-electron chi connectivity index (χ1n) is 14.1. The topological polar surface area (TPSA) is 132 Å². The molecule has 1 saturated carbocycles. The minimum Gasteiger partial charge on any atom is -0.366 e. The summed E-state index contributed by atoms with van der Waals surface area (Å²) in [5.41, 5.74) is 4.39. The van der Waals surface area contributed by atoms with Crippen molar-refractivity contribution in [2.75, 3.05) is 43.4 Å². The van der Waals surface area contributed by atoms with Crippen molar-refractivity contribution in [1.29, 1.82) is 0 Å². The summed E-state index contributed by atoms with van der Waals surface area (Å²) < 4.78 is 16.2. The zero-order valence-corrected chi connectivity index (χ0v) is 22.8. The molecule has 0 radical (unpaired) electrons. The summed E-state index contributed by atoms with van der Waals surface area (Å²) in [4.78, 5) is 38.5. The number of carbonyl (C=O) groups excluding carboxylic acids is 1. The number of aromatic nitrogens is 7. The third-order valence-electron chi connectivity index (χ3n) is 8.24. The number of pyridine rings is 3. The van der Waals surface area contributed by atoms with E-state index in [1.165, 1.54) is 6.42 Å². The molecule has 11 nitrogen and oxygen atoms in total. The van der Waals surface area contributed by atoms with Crippen molar-refractivity contribution in [3.8, 4) is 22.8 Å². The van der Waals surface area contributed by atoms with Crippen LogP contribution in [0, 0.1) is 11.7 Å². The molecule has 2 fully saturated rings. The number of halogens is 1. The molecule has 0 spiro atoms. The molecule has 7 rings (SSSR count). The molecular weight excluding hydrogens is 523 g/mol. The van der Waals surface area contributed by atoms with E-state index < -0.39 is 5.82 Å². The van der Waals surface area contributed by atoms with Crippen LogP contribution < -0.4 is 10.2 Å². The van der Waals surface area contributed by atoms with Gasteiger partial charge < -0.3 is 20.1 Å². The van der Waals surface area contributed by atoms with E-state index in [2.05, 4.69) is 52.3 Å². The van der Waals surface area contributed by atoms with Gasteiger partial charge in [-0.3, -0.25) is 24.8 Å². The van der Waals surface area contributed by atoms with Gasteiger partial charge in [0.2, 0.25) is 5.91 Å². The lowest BCUT2D eigenvalue weighted by Crippen LogP contribution is -2.44. The molecule has 3 N–H and O–H groups in total. The van der Waals surface area contributed by atoms with Crippen LogP contribution in [0.15, 0.2) is 37.1 Å². The minimum absolute atomic E-state index is 0.00267. The van der Waals surface area contributed by atoms with E-state index in [4.69, 9.17) is 4.98 Å². The number of rotatable bonds is 5. The molecule has 5 aromatic heterocycles. The summed E-state index contributed by atoms with van der Waals surface area (Å²) in [6.07, 6.45) is 13.3. The number of nitrogens with zero attached hydrogens (tertiary/aromatic N) is 7. The van der Waals surface area contributed by atoms with Crippen LogP contribution in [0.1, 0.15) is 32.1 Å². The van der Waals surface area contributed by atoms with Gasteiger partial charge in [-0.25, -0.2) is 9.37 Å². The maximum absolute atomic E-state index is 16.2. The fourth-order valence-corrected chi connectivity index (χ4v) is 5.90. The zero-order valence-electron chi connectivity index (χ0n) is 22.8. The number of aromatic amines is 2. The Morgan fingerprint density at radius 1 is 0.976 bits per heavy atom. The van der Waals surface area contributed by atoms with Crippen molar-refractivity contribution in [2.24, 2.45) is 5.92 Å². The number of likely N-dealkylation sites (N-methyl/N-ethyl adjacent to an activating group) is 1. The molecule has 210 valence electrons. The summed E-state index contributed by atoms with van der Waals surface area (Å²) in [5, 5.41) is 10.5. The average molecular weight is 555 g/mol. The first-order chi connectivity index (χ1) is 20.0. The summed E-state index contributed by atoms with van der Waals surface area (Å²) >= 11 is 0. The Hall–Kier alpha value is -4.45. The number of fused-ring (bicyclic) bond motifs is 2. The van der Waals surface area contributed by atoms with Crippen LogP contribution in [0.3, 0.4) is 0 Å². The Kier molecular flexibility index (Phi) is 6.54. The maximum atomic E-state index is 16.2. The van der Waals surface area contributed by atoms with E-state index >= 15 is 4.39 Å². The lowest BCUT2D eigenvalue weighted by atomic mass is 9.88. The Labute approximate surface area is 235 Å². The van der Waals surface area contributed by atoms with Crippen LogP contribution in [0.2, 0.25) is 0 Å². The fraction of sp³-hybridized carbons (Fsp3) is 0.379. The number of H-pyrrole nitrogens is 2. The lowest BCUT2D eigenvalue weighted by Gasteiger charge is -2.33. The largest absolute Gasteiger partial charge is 0.366 e. The van der Waals surface area contributed by atoms with Gasteiger partial charge in [0.25, 0.3) is 0 Å². The Morgan fingerprint density at radius 3 is 2.61 bits per heavy atom. The molecule has 12 heteroatoms. The number of nitrogens with one attached hydrogen (secondary N) is 3. The Bertz CT molecular complexity index is 1730. The van der Waals surface area contributed by atoms with E-state index in [1.54, 1.807) is 30.9 Å². The van der Waals surface area contributed by atoms with Crippen molar-refractivity contribution < 1.29 is 9.18 Å². The van der Waals surface area contributed by atoms with E-state index in [0.29, 0.717) is 28.3 Å². The van der Waals surface area contributed by atoms with Crippen LogP contribution in [0.5, 0.6) is 0 Å². The van der Waals surface area contributed by atoms with Crippen molar-refractivity contribution in [3.05, 3.63) is 42.9 Å². The van der Waals surface area contributed by atoms with Gasteiger partial charge in [-0.05, 0) is 26.0 Å². The Balaban J connectivity index is 1.22. The second-order valence-corrected chi connectivity index (χ2v) is 11.0. The number of hydrogen-bond donors (Lipinski definition) is 3. The van der Waals surface area contributed by atoms with Crippen molar-refractivity contribution in [3.63, 3.8) is 0 Å². The van der Waals surface area contributed by atoms with E-state index in [-0.39, 0.29) is 22.9 Å². The van der Waals surface area contributed by atoms with Crippen molar-refractivity contribution in [2.45, 2.75) is 32.1 Å². The molecule has 0 unspecified atom stereocenters. The molecule has 2 aliphatic rings. The molecule has 0 aromatic carbocycles. The van der Waals surface area contributed by atoms with Gasteiger partial charge in [0.15, 0.2) is 11.6 Å². The monoisotopic (exact) mass is 554 g/mol. The summed E-state index contributed by atoms with van der Waals surface area (Å²) in [7, 11) is 2.11. The number of hydrogen-bond acceptors (Lipinski definition) is 8. The zero-order chi connectivity index (χ0) is 27.9. The van der Waals surface area contributed by atoms with Crippen LogP contribution in [-0.4, -0.2) is 79.2 Å². The van der Waals surface area contributed by atoms with Crippen LogP contribution in [0.25, 0.3) is 44.7 Å². The minimum atomic E-state index is -0.540. The summed E-state index contributed by atoms with van der Waals surface area (Å²) in [6, 6.07) is 1.71. The van der Waals surface area contributed by atoms with Gasteiger partial charge in [0.05, 0.1) is 52.6 Å². The molecule has 5 aromatic rings. The molecule has 1 saturated heterocycles. The van der Waals surface area contributed by atoms with Gasteiger partial charge in [-0.2, -0.15) is 5.10 Å². The number of piperazine rings is 1. The van der Waals surface area contributed by atoms with Crippen LogP contribution >= 0.6 is 0 Å². The van der Waals surface area contributed by atoms with Gasteiger partial charge in [0, 0.05) is 43.9 Å². The SMILES string of the molecule is CN1CCN(c2cncc3[nH]c(-c4n[nH]c5cnc(-c6cncc(NC(=O)C7CCCCC7)c6)c(F)c45)nc23)CC1. The molecule has 1 aliphatic heterocycles. The van der Waals surface area contributed by atoms with Gasteiger partial charge in [0.1, 0.15) is 16.9 Å². The summed E-state index contributed by atoms with van der Waals surface area (Å²) in [5.74, 6) is -0.109. The highest BCUT2D eigenvalue weighted by atomic mass is 19.1. The fourth-order valence-electron chi connectivity index (χ4n) is 5.90. The second kappa shape index (κ2) is 10.5. The van der Waals surface area contributed by atoms with Crippen molar-refractivity contribution in [1.82, 2.24) is 40.0 Å². The number of imidazole rings is 1. The highest BCUT2D eigenvalue weighted by Crippen LogP contribution is 2.34. The first-order valence-corrected chi connectivity index (χ1v) is 14.1. The maximum Gasteiger partial charge on any atom is 0.227 e. The van der Waals surface area contributed by atoms with Gasteiger partial charge in [-0.15, -0.1) is 0 Å². The molecule has 1 aliphatic carbocycles. The molecule has 1 amide bonds. The highest BCUT2D eigenvalue weighted by molar-refractivity contribution is 5.97. The van der Waals surface area contributed by atoms with Gasteiger partial charge >= 0.3 is 0 Å². The van der Waals surface area contributed by atoms with E-state index in [0.717, 1.165) is 68.6 Å². The van der Waals surface area contributed by atoms with Crippen molar-refractivity contribution >= 4 is 39.2 Å². The number of carbonyl (C=O) groups is 1. The van der Waals surface area contributed by atoms with E-state index in [9.17, 15) is 4.79 Å². The predicted octanol–water partition coefficient (Wildman–Crippen LogP) is 4.37. The van der Waals surface area contributed by atoms with Gasteiger partial charge in [-0.1, -0.05) is 19.3 Å². The quantitative estimate of drug-likeness (QED) is 0.292. The third-order valence-corrected chi connectivity index (χ3v) is 8.24. The highest BCUT2D eigenvalue weighted by Gasteiger charge is 2.24. The molecule has 6 heterocycles. The lowest BCUT2D eigenvalue weighted by molar-refractivity contribution is -0.120. The number of amides is 1. The summed E-state index contributed by atoms with van der Waals surface area (Å²) in [6.45, 7) is 3.67. The van der Waals surface area contributed by atoms with Crippen LogP contribution in [0.4, 0.5) is 15.8 Å². The molecular formula is C29H31FN10O. The first kappa shape index (κ1) is 25.5. The number of anilines is 2.